The maximum absolute atomic E-state index is 13.9. The molecule has 0 unspecified atom stereocenters. The summed E-state index contributed by atoms with van der Waals surface area (Å²) < 4.78 is 52.0. The lowest BCUT2D eigenvalue weighted by atomic mass is 9.88. The van der Waals surface area contributed by atoms with Gasteiger partial charge in [-0.05, 0) is 31.4 Å². The number of methoxy groups -OCH3 is 1. The Morgan fingerprint density at radius 2 is 2.18 bits per heavy atom. The van der Waals surface area contributed by atoms with Crippen molar-refractivity contribution in [3.05, 3.63) is 30.1 Å². The van der Waals surface area contributed by atoms with Crippen LogP contribution in [0.2, 0.25) is 0 Å². The fourth-order valence-electron chi connectivity index (χ4n) is 3.43. The molecule has 0 amide bonds. The zero-order valence-corrected chi connectivity index (χ0v) is 13.3. The third kappa shape index (κ3) is 2.56. The molecule has 0 aliphatic carbocycles. The van der Waals surface area contributed by atoms with E-state index in [9.17, 15) is 12.8 Å². The van der Waals surface area contributed by atoms with Crippen LogP contribution in [0.5, 0.6) is 0 Å². The highest BCUT2D eigenvalue weighted by Crippen LogP contribution is 2.38. The maximum atomic E-state index is 13.9. The van der Waals surface area contributed by atoms with Gasteiger partial charge in [-0.2, -0.15) is 4.31 Å². The lowest BCUT2D eigenvalue weighted by molar-refractivity contribution is -0.132. The molecule has 22 heavy (non-hydrogen) atoms. The Hall–Kier alpha value is -1.02. The molecule has 2 aliphatic rings. The molecule has 1 aromatic carbocycles. The van der Waals surface area contributed by atoms with E-state index in [2.05, 4.69) is 0 Å². The molecule has 3 rings (SSSR count). The van der Waals surface area contributed by atoms with Gasteiger partial charge in [0.05, 0.1) is 6.10 Å². The average molecular weight is 329 g/mol. The first-order chi connectivity index (χ1) is 10.5. The van der Waals surface area contributed by atoms with E-state index >= 15 is 0 Å². The first-order valence-electron chi connectivity index (χ1n) is 7.41. The summed E-state index contributed by atoms with van der Waals surface area (Å²) in [5, 5.41) is 0. The highest BCUT2D eigenvalue weighted by atomic mass is 32.2. The summed E-state index contributed by atoms with van der Waals surface area (Å²) in [5.74, 6) is -0.724. The smallest absolute Gasteiger partial charge is 0.246 e. The van der Waals surface area contributed by atoms with Crippen LogP contribution in [0.15, 0.2) is 29.2 Å². The van der Waals surface area contributed by atoms with E-state index in [1.807, 2.05) is 0 Å². The molecule has 2 aliphatic heterocycles. The molecule has 1 aromatic rings. The molecular formula is C15H20FNO4S. The van der Waals surface area contributed by atoms with Gasteiger partial charge < -0.3 is 9.47 Å². The van der Waals surface area contributed by atoms with E-state index in [1.54, 1.807) is 7.11 Å². The SMILES string of the molecule is CO[C@H]1CCN(S(=O)(=O)c2ccccc2F)C[C@@]12CCCO2. The predicted octanol–water partition coefficient (Wildman–Crippen LogP) is 1.78. The molecule has 0 N–H and O–H groups in total. The number of ether oxygens (including phenoxy) is 2. The summed E-state index contributed by atoms with van der Waals surface area (Å²) in [6.45, 7) is 1.12. The molecule has 2 heterocycles. The van der Waals surface area contributed by atoms with Crippen LogP contribution in [-0.4, -0.2) is 51.2 Å². The molecule has 2 atom stereocenters. The minimum atomic E-state index is -3.87. The third-order valence-corrected chi connectivity index (χ3v) is 6.42. The first-order valence-corrected chi connectivity index (χ1v) is 8.85. The Labute approximate surface area is 130 Å². The van der Waals surface area contributed by atoms with Crippen molar-refractivity contribution in [2.24, 2.45) is 0 Å². The summed E-state index contributed by atoms with van der Waals surface area (Å²) in [7, 11) is -2.24. The van der Waals surface area contributed by atoms with Crippen LogP contribution < -0.4 is 0 Å². The molecule has 0 bridgehead atoms. The second-order valence-corrected chi connectivity index (χ2v) is 7.71. The van der Waals surface area contributed by atoms with Gasteiger partial charge in [0.1, 0.15) is 16.3 Å². The highest BCUT2D eigenvalue weighted by Gasteiger charge is 2.50. The van der Waals surface area contributed by atoms with Crippen molar-refractivity contribution in [2.45, 2.75) is 35.9 Å². The summed E-state index contributed by atoms with van der Waals surface area (Å²) in [4.78, 5) is -0.279. The van der Waals surface area contributed by atoms with Crippen molar-refractivity contribution in [3.8, 4) is 0 Å². The number of halogens is 1. The molecule has 2 fully saturated rings. The molecule has 5 nitrogen and oxygen atoms in total. The summed E-state index contributed by atoms with van der Waals surface area (Å²) in [6.07, 6.45) is 2.06. The van der Waals surface area contributed by atoms with Crippen LogP contribution >= 0.6 is 0 Å². The Balaban J connectivity index is 1.91. The van der Waals surface area contributed by atoms with Crippen molar-refractivity contribution in [3.63, 3.8) is 0 Å². The van der Waals surface area contributed by atoms with E-state index in [1.165, 1.54) is 22.5 Å². The van der Waals surface area contributed by atoms with Crippen molar-refractivity contribution in [1.82, 2.24) is 4.31 Å². The number of piperidine rings is 1. The van der Waals surface area contributed by atoms with Gasteiger partial charge in [0.25, 0.3) is 0 Å². The second-order valence-electron chi connectivity index (χ2n) is 5.80. The van der Waals surface area contributed by atoms with Gasteiger partial charge >= 0.3 is 0 Å². The number of hydrogen-bond donors (Lipinski definition) is 0. The normalized spacial score (nSPS) is 30.0. The average Bonchev–Trinajstić information content (AvgIpc) is 2.96. The largest absolute Gasteiger partial charge is 0.378 e. The number of hydrogen-bond acceptors (Lipinski definition) is 4. The molecule has 2 saturated heterocycles. The number of sulfonamides is 1. The highest BCUT2D eigenvalue weighted by molar-refractivity contribution is 7.89. The van der Waals surface area contributed by atoms with E-state index in [4.69, 9.17) is 9.47 Å². The van der Waals surface area contributed by atoms with Gasteiger partial charge in [-0.1, -0.05) is 12.1 Å². The monoisotopic (exact) mass is 329 g/mol. The van der Waals surface area contributed by atoms with Crippen molar-refractivity contribution < 1.29 is 22.3 Å². The quantitative estimate of drug-likeness (QED) is 0.848. The maximum Gasteiger partial charge on any atom is 0.246 e. The van der Waals surface area contributed by atoms with Crippen molar-refractivity contribution in [2.75, 3.05) is 26.8 Å². The number of rotatable bonds is 3. The van der Waals surface area contributed by atoms with Gasteiger partial charge in [0.2, 0.25) is 10.0 Å². The Bertz CT molecular complexity index is 643. The molecule has 0 saturated carbocycles. The van der Waals surface area contributed by atoms with Crippen molar-refractivity contribution >= 4 is 10.0 Å². The fraction of sp³-hybridized carbons (Fsp3) is 0.600. The van der Waals surface area contributed by atoms with E-state index in [0.29, 0.717) is 19.6 Å². The van der Waals surface area contributed by atoms with Crippen LogP contribution in [0.3, 0.4) is 0 Å². The van der Waals surface area contributed by atoms with Crippen LogP contribution in [0.1, 0.15) is 19.3 Å². The minimum absolute atomic E-state index is 0.123. The topological polar surface area (TPSA) is 55.8 Å². The van der Waals surface area contributed by atoms with Gasteiger partial charge in [-0.25, -0.2) is 12.8 Å². The molecule has 0 aromatic heterocycles. The fourth-order valence-corrected chi connectivity index (χ4v) is 5.01. The van der Waals surface area contributed by atoms with E-state index in [0.717, 1.165) is 18.9 Å². The first kappa shape index (κ1) is 15.9. The van der Waals surface area contributed by atoms with Gasteiger partial charge in [0, 0.05) is 26.8 Å². The van der Waals surface area contributed by atoms with Gasteiger partial charge in [0.15, 0.2) is 0 Å². The standard InChI is InChI=1S/C15H20FNO4S/c1-20-14-7-9-17(11-15(14)8-4-10-21-15)22(18,19)13-6-3-2-5-12(13)16/h2-3,5-6,14H,4,7-11H2,1H3/t14-,15-/m0/s1. The van der Waals surface area contributed by atoms with Gasteiger partial charge in [-0.15, -0.1) is 0 Å². The molecular weight excluding hydrogens is 309 g/mol. The lowest BCUT2D eigenvalue weighted by Gasteiger charge is -2.44. The number of nitrogens with zero attached hydrogens (tertiary/aromatic N) is 1. The lowest BCUT2D eigenvalue weighted by Crippen LogP contribution is -2.58. The summed E-state index contributed by atoms with van der Waals surface area (Å²) in [6, 6.07) is 5.47. The third-order valence-electron chi connectivity index (χ3n) is 4.54. The molecule has 122 valence electrons. The van der Waals surface area contributed by atoms with E-state index in [-0.39, 0.29) is 17.5 Å². The van der Waals surface area contributed by atoms with Crippen LogP contribution in [-0.2, 0) is 19.5 Å². The van der Waals surface area contributed by atoms with Gasteiger partial charge in [-0.3, -0.25) is 0 Å². The summed E-state index contributed by atoms with van der Waals surface area (Å²) in [5.41, 5.74) is -0.606. The Kier molecular flexibility index (Phi) is 4.24. The summed E-state index contributed by atoms with van der Waals surface area (Å²) >= 11 is 0. The zero-order chi connectivity index (χ0) is 15.8. The zero-order valence-electron chi connectivity index (χ0n) is 12.5. The number of benzene rings is 1. The van der Waals surface area contributed by atoms with Crippen LogP contribution in [0.4, 0.5) is 4.39 Å². The predicted molar refractivity (Wildman–Crippen MR) is 78.5 cm³/mol. The molecule has 1 spiro atoms. The van der Waals surface area contributed by atoms with Crippen LogP contribution in [0, 0.1) is 5.82 Å². The van der Waals surface area contributed by atoms with Crippen molar-refractivity contribution in [1.29, 1.82) is 0 Å². The van der Waals surface area contributed by atoms with Crippen LogP contribution in [0.25, 0.3) is 0 Å². The Morgan fingerprint density at radius 3 is 2.82 bits per heavy atom. The Morgan fingerprint density at radius 1 is 1.41 bits per heavy atom. The molecule has 0 radical (unpaired) electrons. The minimum Gasteiger partial charge on any atom is -0.378 e. The molecule has 7 heteroatoms. The van der Waals surface area contributed by atoms with E-state index < -0.39 is 21.4 Å². The second kappa shape index (κ2) is 5.88.